The largest absolute Gasteiger partial charge is 0.497 e. The number of hydrogen-bond acceptors (Lipinski definition) is 3. The van der Waals surface area contributed by atoms with Crippen LogP contribution in [-0.4, -0.2) is 23.8 Å². The van der Waals surface area contributed by atoms with Crippen molar-refractivity contribution >= 4 is 5.78 Å². The number of piperidine rings is 1. The molecule has 2 bridgehead atoms. The summed E-state index contributed by atoms with van der Waals surface area (Å²) in [7, 11) is 1.70. The van der Waals surface area contributed by atoms with Gasteiger partial charge in [-0.3, -0.25) is 9.69 Å². The van der Waals surface area contributed by atoms with Crippen LogP contribution in [-0.2, 0) is 12.1 Å². The molecule has 0 radical (unpaired) electrons. The highest BCUT2D eigenvalue weighted by molar-refractivity contribution is 5.94. The number of fused-ring (bicyclic) bond motifs is 2. The van der Waals surface area contributed by atoms with Crippen LogP contribution < -0.4 is 4.74 Å². The minimum absolute atomic E-state index is 0.00472. The van der Waals surface area contributed by atoms with Crippen molar-refractivity contribution in [2.24, 2.45) is 0 Å². The van der Waals surface area contributed by atoms with Gasteiger partial charge in [-0.15, -0.1) is 0 Å². The number of benzene rings is 2. The first-order chi connectivity index (χ1) is 13.0. The summed E-state index contributed by atoms with van der Waals surface area (Å²) >= 11 is 0. The molecule has 3 heteroatoms. The molecule has 2 aromatic rings. The Labute approximate surface area is 161 Å². The Bertz CT molecular complexity index is 853. The number of carbonyl (C=O) groups excluding carboxylic acids is 1. The van der Waals surface area contributed by atoms with Crippen molar-refractivity contribution in [1.82, 2.24) is 4.90 Å². The Balaban J connectivity index is 1.68. The minimum atomic E-state index is -0.00472. The van der Waals surface area contributed by atoms with Gasteiger partial charge >= 0.3 is 0 Å². The molecule has 2 aromatic carbocycles. The first-order valence-corrected chi connectivity index (χ1v) is 9.70. The predicted octanol–water partition coefficient (Wildman–Crippen LogP) is 5.11. The van der Waals surface area contributed by atoms with Crippen LogP contribution in [0.3, 0.4) is 0 Å². The van der Waals surface area contributed by atoms with Crippen molar-refractivity contribution in [3.63, 3.8) is 0 Å². The van der Waals surface area contributed by atoms with Gasteiger partial charge in [-0.25, -0.2) is 0 Å². The maximum atomic E-state index is 11.7. The summed E-state index contributed by atoms with van der Waals surface area (Å²) in [4.78, 5) is 14.3. The highest BCUT2D eigenvalue weighted by atomic mass is 16.5. The third-order valence-electron chi connectivity index (χ3n) is 6.29. The molecule has 2 atom stereocenters. The fraction of sp³-hybridized carbons (Fsp3) is 0.375. The topological polar surface area (TPSA) is 29.5 Å². The molecule has 2 aliphatic rings. The zero-order valence-corrected chi connectivity index (χ0v) is 16.2. The van der Waals surface area contributed by atoms with Gasteiger partial charge in [0.25, 0.3) is 0 Å². The zero-order valence-electron chi connectivity index (χ0n) is 16.2. The van der Waals surface area contributed by atoms with Crippen molar-refractivity contribution < 1.29 is 9.53 Å². The molecule has 0 spiro atoms. The molecule has 4 rings (SSSR count). The predicted molar refractivity (Wildman–Crippen MR) is 108 cm³/mol. The number of nitrogens with zero attached hydrogens (tertiary/aromatic N) is 1. The summed E-state index contributed by atoms with van der Waals surface area (Å²) in [6, 6.07) is 17.2. The van der Waals surface area contributed by atoms with Gasteiger partial charge in [-0.1, -0.05) is 48.6 Å². The van der Waals surface area contributed by atoms with E-state index in [2.05, 4.69) is 35.7 Å². The SMILES string of the molecule is C=C1CC2CCC(c3ccc(C(C)=O)cc3)(C1)N2Cc1ccc(OC)cc1. The summed E-state index contributed by atoms with van der Waals surface area (Å²) in [6.45, 7) is 6.89. The quantitative estimate of drug-likeness (QED) is 0.548. The van der Waals surface area contributed by atoms with E-state index < -0.39 is 0 Å². The Morgan fingerprint density at radius 1 is 1.19 bits per heavy atom. The van der Waals surface area contributed by atoms with Crippen LogP contribution in [0.25, 0.3) is 0 Å². The lowest BCUT2D eigenvalue weighted by atomic mass is 9.79. The molecule has 140 valence electrons. The minimum Gasteiger partial charge on any atom is -0.497 e. The second kappa shape index (κ2) is 6.97. The highest BCUT2D eigenvalue weighted by Crippen LogP contribution is 2.52. The summed E-state index contributed by atoms with van der Waals surface area (Å²) < 4.78 is 5.29. The van der Waals surface area contributed by atoms with E-state index in [-0.39, 0.29) is 11.3 Å². The smallest absolute Gasteiger partial charge is 0.159 e. The van der Waals surface area contributed by atoms with Crippen molar-refractivity contribution in [2.75, 3.05) is 7.11 Å². The fourth-order valence-corrected chi connectivity index (χ4v) is 4.91. The van der Waals surface area contributed by atoms with E-state index >= 15 is 0 Å². The van der Waals surface area contributed by atoms with E-state index in [1.807, 2.05) is 24.3 Å². The summed E-state index contributed by atoms with van der Waals surface area (Å²) in [5.41, 5.74) is 4.74. The molecule has 0 aliphatic carbocycles. The van der Waals surface area contributed by atoms with Crippen LogP contribution in [0, 0.1) is 0 Å². The van der Waals surface area contributed by atoms with Gasteiger partial charge in [0.15, 0.2) is 5.78 Å². The second-order valence-corrected chi connectivity index (χ2v) is 7.96. The first kappa shape index (κ1) is 18.0. The van der Waals surface area contributed by atoms with Crippen LogP contribution in [0.15, 0.2) is 60.7 Å². The fourth-order valence-electron chi connectivity index (χ4n) is 4.91. The van der Waals surface area contributed by atoms with Crippen LogP contribution in [0.4, 0.5) is 0 Å². The molecular formula is C24H27NO2. The number of carbonyl (C=O) groups is 1. The number of methoxy groups -OCH3 is 1. The maximum Gasteiger partial charge on any atom is 0.159 e. The van der Waals surface area contributed by atoms with Crippen molar-refractivity contribution in [3.8, 4) is 5.75 Å². The number of rotatable bonds is 5. The normalized spacial score (nSPS) is 24.8. The van der Waals surface area contributed by atoms with Gasteiger partial charge in [0.05, 0.1) is 12.6 Å². The highest BCUT2D eigenvalue weighted by Gasteiger charge is 2.50. The number of ketones is 1. The zero-order chi connectivity index (χ0) is 19.0. The lowest BCUT2D eigenvalue weighted by Crippen LogP contribution is -2.48. The standard InChI is InChI=1S/C24H27NO2/c1-17-14-22-12-13-24(15-17,21-8-6-20(7-9-21)18(2)26)25(22)16-19-4-10-23(27-3)11-5-19/h4-11,22H,1,12-16H2,2-3H3. The second-order valence-electron chi connectivity index (χ2n) is 7.96. The van der Waals surface area contributed by atoms with Crippen LogP contribution in [0.2, 0.25) is 0 Å². The Kier molecular flexibility index (Phi) is 4.65. The van der Waals surface area contributed by atoms with Crippen molar-refractivity contribution in [1.29, 1.82) is 0 Å². The molecule has 0 saturated carbocycles. The van der Waals surface area contributed by atoms with Gasteiger partial charge in [0, 0.05) is 18.2 Å². The average molecular weight is 361 g/mol. The molecule has 2 heterocycles. The van der Waals surface area contributed by atoms with Gasteiger partial charge < -0.3 is 4.74 Å². The lowest BCUT2D eigenvalue weighted by Gasteiger charge is -2.46. The van der Waals surface area contributed by atoms with E-state index in [1.54, 1.807) is 14.0 Å². The molecule has 0 aromatic heterocycles. The first-order valence-electron chi connectivity index (χ1n) is 9.70. The van der Waals surface area contributed by atoms with E-state index in [4.69, 9.17) is 4.74 Å². The van der Waals surface area contributed by atoms with E-state index in [0.29, 0.717) is 6.04 Å². The molecule has 0 amide bonds. The van der Waals surface area contributed by atoms with E-state index in [1.165, 1.54) is 23.1 Å². The van der Waals surface area contributed by atoms with Gasteiger partial charge in [0.2, 0.25) is 0 Å². The van der Waals surface area contributed by atoms with Gasteiger partial charge in [0.1, 0.15) is 5.75 Å². The summed E-state index contributed by atoms with van der Waals surface area (Å²) in [5, 5.41) is 0. The molecule has 2 unspecified atom stereocenters. The Morgan fingerprint density at radius 2 is 1.89 bits per heavy atom. The molecular weight excluding hydrogens is 334 g/mol. The third-order valence-corrected chi connectivity index (χ3v) is 6.29. The average Bonchev–Trinajstić information content (AvgIpc) is 2.89. The number of Topliss-reactive ketones (excluding diaryl/α,β-unsaturated/α-hetero) is 1. The monoisotopic (exact) mass is 361 g/mol. The van der Waals surface area contributed by atoms with E-state index in [9.17, 15) is 4.79 Å². The molecule has 2 saturated heterocycles. The van der Waals surface area contributed by atoms with Crippen LogP contribution >= 0.6 is 0 Å². The molecule has 0 N–H and O–H groups in total. The molecule has 27 heavy (non-hydrogen) atoms. The summed E-state index contributed by atoms with van der Waals surface area (Å²) in [6.07, 6.45) is 4.43. The van der Waals surface area contributed by atoms with Crippen LogP contribution in [0.5, 0.6) is 5.75 Å². The number of ether oxygens (including phenoxy) is 1. The van der Waals surface area contributed by atoms with Crippen LogP contribution in [0.1, 0.15) is 54.1 Å². The lowest BCUT2D eigenvalue weighted by molar-refractivity contribution is 0.0653. The third kappa shape index (κ3) is 3.21. The molecule has 2 fully saturated rings. The van der Waals surface area contributed by atoms with Gasteiger partial charge in [-0.2, -0.15) is 0 Å². The maximum absolute atomic E-state index is 11.7. The molecule has 3 nitrogen and oxygen atoms in total. The molecule has 2 aliphatic heterocycles. The summed E-state index contributed by atoms with van der Waals surface area (Å²) in [5.74, 6) is 1.01. The van der Waals surface area contributed by atoms with E-state index in [0.717, 1.165) is 37.1 Å². The number of hydrogen-bond donors (Lipinski definition) is 0. The van der Waals surface area contributed by atoms with Crippen molar-refractivity contribution in [3.05, 3.63) is 77.4 Å². The van der Waals surface area contributed by atoms with Crippen molar-refractivity contribution in [2.45, 2.75) is 50.7 Å². The van der Waals surface area contributed by atoms with Gasteiger partial charge in [-0.05, 0) is 55.9 Å². The Hall–Kier alpha value is -2.39. The Morgan fingerprint density at radius 3 is 2.52 bits per heavy atom.